The van der Waals surface area contributed by atoms with Gasteiger partial charge in [-0.3, -0.25) is 4.79 Å². The number of nitrogens with two attached hydrogens (primary N) is 1. The standard InChI is InChI=1S/C15H21NO7/c1-8(18)22-10-5-3-2-4-9(10)7-21-14-13(20)12(19)11(6-17)23-15(14)16/h2-5,11-15,17,19-20H,6-7,16H2,1H3/t11-,12+,13-,14+,15?/m1/s1. The van der Waals surface area contributed by atoms with Crippen molar-refractivity contribution in [3.63, 3.8) is 0 Å². The molecule has 5 N–H and O–H groups in total. The van der Waals surface area contributed by atoms with E-state index in [1.807, 2.05) is 0 Å². The van der Waals surface area contributed by atoms with Crippen LogP contribution in [0.15, 0.2) is 24.3 Å². The number of carbonyl (C=O) groups excluding carboxylic acids is 1. The molecule has 8 heteroatoms. The Bertz CT molecular complexity index is 538. The van der Waals surface area contributed by atoms with Gasteiger partial charge < -0.3 is 35.3 Å². The molecule has 0 aromatic heterocycles. The van der Waals surface area contributed by atoms with Crippen LogP contribution in [0.2, 0.25) is 0 Å². The summed E-state index contributed by atoms with van der Waals surface area (Å²) < 4.78 is 15.8. The minimum atomic E-state index is -1.31. The van der Waals surface area contributed by atoms with E-state index in [2.05, 4.69) is 0 Å². The van der Waals surface area contributed by atoms with Crippen LogP contribution in [0.3, 0.4) is 0 Å². The van der Waals surface area contributed by atoms with Gasteiger partial charge in [-0.2, -0.15) is 0 Å². The quantitative estimate of drug-likeness (QED) is 0.396. The Hall–Kier alpha value is -1.55. The normalized spacial score (nSPS) is 30.9. The van der Waals surface area contributed by atoms with Crippen LogP contribution in [0.1, 0.15) is 12.5 Å². The lowest BCUT2D eigenvalue weighted by Gasteiger charge is -2.40. The lowest BCUT2D eigenvalue weighted by molar-refractivity contribution is -0.242. The third-order valence-corrected chi connectivity index (χ3v) is 3.56. The number of carbonyl (C=O) groups is 1. The molecule has 0 spiro atoms. The second kappa shape index (κ2) is 7.82. The Morgan fingerprint density at radius 2 is 2.00 bits per heavy atom. The summed E-state index contributed by atoms with van der Waals surface area (Å²) in [5, 5.41) is 29.0. The van der Waals surface area contributed by atoms with Crippen molar-refractivity contribution in [3.8, 4) is 5.75 Å². The number of benzene rings is 1. The summed E-state index contributed by atoms with van der Waals surface area (Å²) in [6, 6.07) is 6.77. The Kier molecular flexibility index (Phi) is 6.05. The van der Waals surface area contributed by atoms with E-state index in [-0.39, 0.29) is 6.61 Å². The van der Waals surface area contributed by atoms with Crippen LogP contribution in [0.4, 0.5) is 0 Å². The molecule has 1 aliphatic rings. The van der Waals surface area contributed by atoms with Gasteiger partial charge in [0.25, 0.3) is 0 Å². The number of rotatable bonds is 5. The van der Waals surface area contributed by atoms with Gasteiger partial charge in [0.15, 0.2) is 0 Å². The summed E-state index contributed by atoms with van der Waals surface area (Å²) in [6.07, 6.45) is -5.58. The highest BCUT2D eigenvalue weighted by molar-refractivity contribution is 5.69. The monoisotopic (exact) mass is 327 g/mol. The van der Waals surface area contributed by atoms with Gasteiger partial charge in [0, 0.05) is 12.5 Å². The fourth-order valence-electron chi connectivity index (χ4n) is 2.38. The SMILES string of the molecule is CC(=O)Oc1ccccc1CO[C@@H]1C(N)O[C@H](CO)[C@H](O)[C@H]1O. The molecule has 0 aliphatic carbocycles. The predicted molar refractivity (Wildman–Crippen MR) is 78.3 cm³/mol. The molecule has 128 valence electrons. The van der Waals surface area contributed by atoms with Crippen molar-refractivity contribution in [2.45, 2.75) is 44.2 Å². The number of aliphatic hydroxyl groups is 3. The van der Waals surface area contributed by atoms with Gasteiger partial charge in [-0.25, -0.2) is 0 Å². The number of ether oxygens (including phenoxy) is 3. The first kappa shape index (κ1) is 17.8. The molecule has 1 unspecified atom stereocenters. The lowest BCUT2D eigenvalue weighted by Crippen LogP contribution is -2.62. The summed E-state index contributed by atoms with van der Waals surface area (Å²) in [6.45, 7) is 0.824. The van der Waals surface area contributed by atoms with Gasteiger partial charge >= 0.3 is 5.97 Å². The number of para-hydroxylation sites is 1. The zero-order valence-corrected chi connectivity index (χ0v) is 12.7. The van der Waals surface area contributed by atoms with Crippen LogP contribution >= 0.6 is 0 Å². The molecule has 1 fully saturated rings. The fourth-order valence-corrected chi connectivity index (χ4v) is 2.38. The Morgan fingerprint density at radius 1 is 1.30 bits per heavy atom. The number of hydrogen-bond acceptors (Lipinski definition) is 8. The third-order valence-electron chi connectivity index (χ3n) is 3.56. The molecule has 1 aliphatic heterocycles. The predicted octanol–water partition coefficient (Wildman–Crippen LogP) is -1.11. The molecule has 0 radical (unpaired) electrons. The van der Waals surface area contributed by atoms with Crippen LogP contribution in [-0.4, -0.2) is 58.5 Å². The van der Waals surface area contributed by atoms with E-state index in [1.54, 1.807) is 24.3 Å². The Morgan fingerprint density at radius 3 is 2.65 bits per heavy atom. The van der Waals surface area contributed by atoms with Crippen LogP contribution in [0.25, 0.3) is 0 Å². The number of esters is 1. The average Bonchev–Trinajstić information content (AvgIpc) is 2.51. The van der Waals surface area contributed by atoms with Crippen molar-refractivity contribution in [2.75, 3.05) is 6.61 Å². The first-order valence-corrected chi connectivity index (χ1v) is 7.20. The van der Waals surface area contributed by atoms with Crippen LogP contribution in [0.5, 0.6) is 5.75 Å². The van der Waals surface area contributed by atoms with Gasteiger partial charge in [0.05, 0.1) is 13.2 Å². The minimum Gasteiger partial charge on any atom is -0.426 e. The molecule has 1 aromatic carbocycles. The van der Waals surface area contributed by atoms with Crippen molar-refractivity contribution in [1.82, 2.24) is 0 Å². The van der Waals surface area contributed by atoms with E-state index in [0.717, 1.165) is 0 Å². The molecule has 1 saturated heterocycles. The molecule has 2 rings (SSSR count). The molecular weight excluding hydrogens is 306 g/mol. The van der Waals surface area contributed by atoms with Crippen molar-refractivity contribution < 1.29 is 34.3 Å². The number of hydrogen-bond donors (Lipinski definition) is 4. The fraction of sp³-hybridized carbons (Fsp3) is 0.533. The molecular formula is C15H21NO7. The zero-order valence-electron chi connectivity index (χ0n) is 12.7. The topological polar surface area (TPSA) is 131 Å². The molecule has 8 nitrogen and oxygen atoms in total. The lowest BCUT2D eigenvalue weighted by atomic mass is 9.98. The molecule has 0 bridgehead atoms. The van der Waals surface area contributed by atoms with Gasteiger partial charge in [-0.1, -0.05) is 18.2 Å². The van der Waals surface area contributed by atoms with Crippen LogP contribution in [0, 0.1) is 0 Å². The van der Waals surface area contributed by atoms with Crippen LogP contribution in [-0.2, 0) is 20.9 Å². The zero-order chi connectivity index (χ0) is 17.0. The van der Waals surface area contributed by atoms with E-state index in [0.29, 0.717) is 11.3 Å². The summed E-state index contributed by atoms with van der Waals surface area (Å²) in [4.78, 5) is 11.1. The van der Waals surface area contributed by atoms with E-state index < -0.39 is 43.2 Å². The smallest absolute Gasteiger partial charge is 0.308 e. The maximum atomic E-state index is 11.1. The molecule has 1 aromatic rings. The molecule has 1 heterocycles. The van der Waals surface area contributed by atoms with Crippen molar-refractivity contribution in [3.05, 3.63) is 29.8 Å². The summed E-state index contributed by atoms with van der Waals surface area (Å²) in [5.41, 5.74) is 6.35. The summed E-state index contributed by atoms with van der Waals surface area (Å²) in [7, 11) is 0. The van der Waals surface area contributed by atoms with E-state index in [9.17, 15) is 15.0 Å². The molecule has 0 amide bonds. The van der Waals surface area contributed by atoms with E-state index in [1.165, 1.54) is 6.92 Å². The van der Waals surface area contributed by atoms with E-state index in [4.69, 9.17) is 25.1 Å². The van der Waals surface area contributed by atoms with Gasteiger partial charge in [-0.05, 0) is 6.07 Å². The largest absolute Gasteiger partial charge is 0.426 e. The Balaban J connectivity index is 2.04. The first-order chi connectivity index (χ1) is 10.9. The highest BCUT2D eigenvalue weighted by Gasteiger charge is 2.43. The average molecular weight is 327 g/mol. The van der Waals surface area contributed by atoms with Gasteiger partial charge in [0.2, 0.25) is 0 Å². The van der Waals surface area contributed by atoms with Crippen molar-refractivity contribution in [1.29, 1.82) is 0 Å². The summed E-state index contributed by atoms with van der Waals surface area (Å²) in [5.74, 6) is -0.120. The molecule has 0 saturated carbocycles. The van der Waals surface area contributed by atoms with E-state index >= 15 is 0 Å². The van der Waals surface area contributed by atoms with Crippen LogP contribution < -0.4 is 10.5 Å². The molecule has 5 atom stereocenters. The Labute approximate surface area is 133 Å². The van der Waals surface area contributed by atoms with Gasteiger partial charge in [0.1, 0.15) is 36.4 Å². The first-order valence-electron chi connectivity index (χ1n) is 7.20. The molecule has 23 heavy (non-hydrogen) atoms. The van der Waals surface area contributed by atoms with Crippen molar-refractivity contribution in [2.24, 2.45) is 5.73 Å². The second-order valence-corrected chi connectivity index (χ2v) is 5.28. The third kappa shape index (κ3) is 4.25. The van der Waals surface area contributed by atoms with Gasteiger partial charge in [-0.15, -0.1) is 0 Å². The van der Waals surface area contributed by atoms with Crippen molar-refractivity contribution >= 4 is 5.97 Å². The minimum absolute atomic E-state index is 0.00124. The maximum Gasteiger partial charge on any atom is 0.308 e. The second-order valence-electron chi connectivity index (χ2n) is 5.28. The highest BCUT2D eigenvalue weighted by Crippen LogP contribution is 2.24. The number of aliphatic hydroxyl groups excluding tert-OH is 3. The highest BCUT2D eigenvalue weighted by atomic mass is 16.6. The summed E-state index contributed by atoms with van der Waals surface area (Å²) >= 11 is 0. The maximum absolute atomic E-state index is 11.1.